The van der Waals surface area contributed by atoms with Crippen molar-refractivity contribution < 1.29 is 14.5 Å². The van der Waals surface area contributed by atoms with Crippen LogP contribution < -0.4 is 10.6 Å². The smallest absolute Gasteiger partial charge is 0.271 e. The Morgan fingerprint density at radius 1 is 1.29 bits per heavy atom. The minimum absolute atomic E-state index is 0.100. The SMILES string of the molecule is CC(=O)NC(C(=O)Nc1cc([N+](=O)[O-])ccc1C)C(C)C. The van der Waals surface area contributed by atoms with Crippen molar-refractivity contribution in [2.45, 2.75) is 33.7 Å². The summed E-state index contributed by atoms with van der Waals surface area (Å²) in [5, 5.41) is 16.0. The first-order chi connectivity index (χ1) is 9.72. The van der Waals surface area contributed by atoms with Crippen LogP contribution in [0.3, 0.4) is 0 Å². The van der Waals surface area contributed by atoms with E-state index in [0.29, 0.717) is 11.3 Å². The number of nitrogens with one attached hydrogen (secondary N) is 2. The van der Waals surface area contributed by atoms with Gasteiger partial charge in [0.2, 0.25) is 11.8 Å². The van der Waals surface area contributed by atoms with Gasteiger partial charge < -0.3 is 10.6 Å². The molecule has 7 heteroatoms. The number of benzene rings is 1. The van der Waals surface area contributed by atoms with E-state index in [1.165, 1.54) is 19.1 Å². The number of nitro benzene ring substituents is 1. The molecule has 0 bridgehead atoms. The van der Waals surface area contributed by atoms with Crippen LogP contribution in [0.4, 0.5) is 11.4 Å². The standard InChI is InChI=1S/C14H19N3O4/c1-8(2)13(15-10(4)18)14(19)16-12-7-11(17(20)21)6-5-9(12)3/h5-8,13H,1-4H3,(H,15,18)(H,16,19). The summed E-state index contributed by atoms with van der Waals surface area (Å²) < 4.78 is 0. The van der Waals surface area contributed by atoms with E-state index in [4.69, 9.17) is 0 Å². The van der Waals surface area contributed by atoms with E-state index in [-0.39, 0.29) is 17.5 Å². The van der Waals surface area contributed by atoms with Gasteiger partial charge in [-0.15, -0.1) is 0 Å². The summed E-state index contributed by atoms with van der Waals surface area (Å²) in [4.78, 5) is 33.6. The van der Waals surface area contributed by atoms with Crippen molar-refractivity contribution in [2.75, 3.05) is 5.32 Å². The van der Waals surface area contributed by atoms with Crippen LogP contribution in [0.15, 0.2) is 18.2 Å². The topological polar surface area (TPSA) is 101 Å². The molecule has 2 N–H and O–H groups in total. The number of hydrogen-bond donors (Lipinski definition) is 2. The number of nitrogens with zero attached hydrogens (tertiary/aromatic N) is 1. The molecular formula is C14H19N3O4. The Kier molecular flexibility index (Phi) is 5.40. The summed E-state index contributed by atoms with van der Waals surface area (Å²) in [7, 11) is 0. The molecule has 0 saturated heterocycles. The molecule has 1 atom stereocenters. The number of hydrogen-bond acceptors (Lipinski definition) is 4. The van der Waals surface area contributed by atoms with Gasteiger partial charge in [0.25, 0.3) is 5.69 Å². The zero-order chi connectivity index (χ0) is 16.2. The predicted octanol–water partition coefficient (Wildman–Crippen LogP) is 2.00. The minimum Gasteiger partial charge on any atom is -0.344 e. The Morgan fingerprint density at radius 3 is 2.38 bits per heavy atom. The lowest BCUT2D eigenvalue weighted by Gasteiger charge is -2.21. The molecule has 0 radical (unpaired) electrons. The largest absolute Gasteiger partial charge is 0.344 e. The fourth-order valence-electron chi connectivity index (χ4n) is 1.82. The molecule has 7 nitrogen and oxygen atoms in total. The highest BCUT2D eigenvalue weighted by Crippen LogP contribution is 2.22. The first-order valence-corrected chi connectivity index (χ1v) is 6.55. The van der Waals surface area contributed by atoms with Crippen molar-refractivity contribution in [3.05, 3.63) is 33.9 Å². The first kappa shape index (κ1) is 16.6. The molecule has 1 aromatic carbocycles. The number of non-ortho nitro benzene ring substituents is 1. The van der Waals surface area contributed by atoms with Gasteiger partial charge in [-0.1, -0.05) is 19.9 Å². The molecular weight excluding hydrogens is 274 g/mol. The van der Waals surface area contributed by atoms with Crippen LogP contribution in [0, 0.1) is 23.0 Å². The maximum atomic E-state index is 12.2. The van der Waals surface area contributed by atoms with Crippen LogP contribution in [0.1, 0.15) is 26.3 Å². The van der Waals surface area contributed by atoms with E-state index >= 15 is 0 Å². The third-order valence-electron chi connectivity index (χ3n) is 3.00. The van der Waals surface area contributed by atoms with Crippen molar-refractivity contribution in [1.82, 2.24) is 5.32 Å². The van der Waals surface area contributed by atoms with Crippen LogP contribution in [0.25, 0.3) is 0 Å². The Balaban J connectivity index is 2.97. The van der Waals surface area contributed by atoms with E-state index in [0.717, 1.165) is 0 Å². The molecule has 2 amide bonds. The van der Waals surface area contributed by atoms with Crippen LogP contribution in [0.2, 0.25) is 0 Å². The van der Waals surface area contributed by atoms with E-state index in [1.54, 1.807) is 26.8 Å². The average molecular weight is 293 g/mol. The summed E-state index contributed by atoms with van der Waals surface area (Å²) in [5.74, 6) is -0.809. The zero-order valence-electron chi connectivity index (χ0n) is 12.5. The number of anilines is 1. The summed E-state index contributed by atoms with van der Waals surface area (Å²) >= 11 is 0. The molecule has 0 aromatic heterocycles. The van der Waals surface area contributed by atoms with Gasteiger partial charge in [-0.2, -0.15) is 0 Å². The Morgan fingerprint density at radius 2 is 1.90 bits per heavy atom. The van der Waals surface area contributed by atoms with Gasteiger partial charge in [-0.05, 0) is 18.4 Å². The lowest BCUT2D eigenvalue weighted by atomic mass is 10.0. The molecule has 0 saturated carbocycles. The summed E-state index contributed by atoms with van der Waals surface area (Å²) in [6.07, 6.45) is 0. The molecule has 0 aliphatic rings. The van der Waals surface area contributed by atoms with Gasteiger partial charge >= 0.3 is 0 Å². The lowest BCUT2D eigenvalue weighted by molar-refractivity contribution is -0.384. The Hall–Kier alpha value is -2.44. The van der Waals surface area contributed by atoms with Crippen molar-refractivity contribution in [3.8, 4) is 0 Å². The van der Waals surface area contributed by atoms with E-state index in [2.05, 4.69) is 10.6 Å². The number of nitro groups is 1. The minimum atomic E-state index is -0.693. The van der Waals surface area contributed by atoms with Crippen molar-refractivity contribution in [3.63, 3.8) is 0 Å². The molecule has 1 aromatic rings. The van der Waals surface area contributed by atoms with E-state index in [1.807, 2.05) is 0 Å². The van der Waals surface area contributed by atoms with Crippen LogP contribution >= 0.6 is 0 Å². The highest BCUT2D eigenvalue weighted by molar-refractivity contribution is 5.97. The highest BCUT2D eigenvalue weighted by atomic mass is 16.6. The second-order valence-corrected chi connectivity index (χ2v) is 5.17. The summed E-state index contributed by atoms with van der Waals surface area (Å²) in [6, 6.07) is 3.55. The second-order valence-electron chi connectivity index (χ2n) is 5.17. The second kappa shape index (κ2) is 6.83. The Labute approximate surface area is 122 Å². The fourth-order valence-corrected chi connectivity index (χ4v) is 1.82. The molecule has 0 fully saturated rings. The molecule has 21 heavy (non-hydrogen) atoms. The van der Waals surface area contributed by atoms with Gasteiger partial charge in [0.1, 0.15) is 6.04 Å². The van der Waals surface area contributed by atoms with Gasteiger partial charge in [-0.25, -0.2) is 0 Å². The predicted molar refractivity (Wildman–Crippen MR) is 78.9 cm³/mol. The number of carbonyl (C=O) groups is 2. The normalized spacial score (nSPS) is 11.9. The van der Waals surface area contributed by atoms with E-state index < -0.39 is 16.9 Å². The van der Waals surface area contributed by atoms with Crippen LogP contribution in [-0.4, -0.2) is 22.8 Å². The highest BCUT2D eigenvalue weighted by Gasteiger charge is 2.23. The molecule has 1 rings (SSSR count). The number of carbonyl (C=O) groups excluding carboxylic acids is 2. The average Bonchev–Trinajstić information content (AvgIpc) is 2.37. The van der Waals surface area contributed by atoms with E-state index in [9.17, 15) is 19.7 Å². The molecule has 0 aliphatic carbocycles. The molecule has 0 aliphatic heterocycles. The lowest BCUT2D eigenvalue weighted by Crippen LogP contribution is -2.46. The maximum Gasteiger partial charge on any atom is 0.271 e. The van der Waals surface area contributed by atoms with Crippen LogP contribution in [0.5, 0.6) is 0 Å². The molecule has 0 spiro atoms. The number of amides is 2. The summed E-state index contributed by atoms with van der Waals surface area (Å²) in [5.41, 5.74) is 0.973. The number of rotatable bonds is 5. The first-order valence-electron chi connectivity index (χ1n) is 6.55. The summed E-state index contributed by atoms with van der Waals surface area (Å²) in [6.45, 7) is 6.68. The zero-order valence-corrected chi connectivity index (χ0v) is 12.5. The third kappa shape index (κ3) is 4.55. The molecule has 1 unspecified atom stereocenters. The van der Waals surface area contributed by atoms with Crippen LogP contribution in [-0.2, 0) is 9.59 Å². The monoisotopic (exact) mass is 293 g/mol. The van der Waals surface area contributed by atoms with Gasteiger partial charge in [0.15, 0.2) is 0 Å². The fraction of sp³-hybridized carbons (Fsp3) is 0.429. The van der Waals surface area contributed by atoms with Crippen molar-refractivity contribution in [1.29, 1.82) is 0 Å². The van der Waals surface area contributed by atoms with Gasteiger partial charge in [-0.3, -0.25) is 19.7 Å². The third-order valence-corrected chi connectivity index (χ3v) is 3.00. The molecule has 0 heterocycles. The quantitative estimate of drug-likeness (QED) is 0.640. The maximum absolute atomic E-state index is 12.2. The van der Waals surface area contributed by atoms with Gasteiger partial charge in [0, 0.05) is 19.1 Å². The Bertz CT molecular complexity index is 569. The van der Waals surface area contributed by atoms with Gasteiger partial charge in [0.05, 0.1) is 10.6 Å². The van der Waals surface area contributed by atoms with Crippen molar-refractivity contribution in [2.24, 2.45) is 5.92 Å². The van der Waals surface area contributed by atoms with Crippen molar-refractivity contribution >= 4 is 23.2 Å². The number of aryl methyl sites for hydroxylation is 1. The molecule has 114 valence electrons.